The molecule has 0 saturated carbocycles. The number of nitrogens with two attached hydrogens (primary N) is 1. The zero-order valence-electron chi connectivity index (χ0n) is 15.5. The lowest BCUT2D eigenvalue weighted by Crippen LogP contribution is -2.13. The lowest BCUT2D eigenvalue weighted by atomic mass is 10.1. The number of alkyl halides is 2. The highest BCUT2D eigenvalue weighted by Gasteiger charge is 2.24. The zero-order valence-corrected chi connectivity index (χ0v) is 16.3. The molecule has 4 nitrogen and oxygen atoms in total. The minimum atomic E-state index is -2.79. The fourth-order valence-electron chi connectivity index (χ4n) is 3.18. The molecule has 0 fully saturated rings. The van der Waals surface area contributed by atoms with Gasteiger partial charge < -0.3 is 11.1 Å². The van der Waals surface area contributed by atoms with E-state index in [0.717, 1.165) is 16.9 Å². The van der Waals surface area contributed by atoms with E-state index in [1.54, 1.807) is 6.07 Å². The number of para-hydroxylation sites is 1. The standard InChI is InChI=1S/C22H16F3N3OS/c23-15-8-4-5-9-16(15)28-21(29)19-18(26)17-14(20(24)25)11-13(27-22(17)30-19)10-12-6-2-1-3-7-12/h1-9,11,20H,10,26H2,(H,28,29). The van der Waals surface area contributed by atoms with Crippen LogP contribution >= 0.6 is 11.3 Å². The maximum absolute atomic E-state index is 13.8. The average Bonchev–Trinajstić information content (AvgIpc) is 3.06. The van der Waals surface area contributed by atoms with Crippen LogP contribution in [0.3, 0.4) is 0 Å². The van der Waals surface area contributed by atoms with E-state index >= 15 is 0 Å². The van der Waals surface area contributed by atoms with Gasteiger partial charge in [-0.15, -0.1) is 11.3 Å². The summed E-state index contributed by atoms with van der Waals surface area (Å²) in [5.41, 5.74) is 7.05. The van der Waals surface area contributed by atoms with Crippen LogP contribution in [0.4, 0.5) is 24.5 Å². The Kier molecular flexibility index (Phi) is 5.41. The summed E-state index contributed by atoms with van der Waals surface area (Å²) in [5.74, 6) is -1.28. The van der Waals surface area contributed by atoms with E-state index in [4.69, 9.17) is 5.73 Å². The van der Waals surface area contributed by atoms with Crippen molar-refractivity contribution >= 4 is 38.8 Å². The minimum absolute atomic E-state index is 0.0134. The van der Waals surface area contributed by atoms with Gasteiger partial charge in [-0.1, -0.05) is 42.5 Å². The van der Waals surface area contributed by atoms with Crippen LogP contribution in [0.25, 0.3) is 10.2 Å². The fourth-order valence-corrected chi connectivity index (χ4v) is 4.22. The predicted molar refractivity (Wildman–Crippen MR) is 113 cm³/mol. The van der Waals surface area contributed by atoms with Crippen LogP contribution in [0.15, 0.2) is 60.7 Å². The second-order valence-electron chi connectivity index (χ2n) is 6.62. The van der Waals surface area contributed by atoms with E-state index in [0.29, 0.717) is 12.1 Å². The molecule has 0 unspecified atom stereocenters. The number of nitrogens with one attached hydrogen (secondary N) is 1. The molecule has 0 spiro atoms. The van der Waals surface area contributed by atoms with Gasteiger partial charge in [0.15, 0.2) is 0 Å². The maximum Gasteiger partial charge on any atom is 0.268 e. The lowest BCUT2D eigenvalue weighted by molar-refractivity contribution is 0.103. The molecule has 1 amide bonds. The normalized spacial score (nSPS) is 11.2. The molecule has 0 radical (unpaired) electrons. The molecule has 0 aliphatic carbocycles. The van der Waals surface area contributed by atoms with Gasteiger partial charge in [0.25, 0.3) is 12.3 Å². The highest BCUT2D eigenvalue weighted by Crippen LogP contribution is 2.39. The smallest absolute Gasteiger partial charge is 0.268 e. The molecule has 8 heteroatoms. The van der Waals surface area contributed by atoms with Crippen LogP contribution in [-0.2, 0) is 6.42 Å². The summed E-state index contributed by atoms with van der Waals surface area (Å²) in [6.07, 6.45) is -2.42. The Hall–Kier alpha value is -3.39. The number of anilines is 2. The third kappa shape index (κ3) is 3.86. The van der Waals surface area contributed by atoms with Crippen molar-refractivity contribution in [3.8, 4) is 0 Å². The van der Waals surface area contributed by atoms with E-state index in [1.807, 2.05) is 30.3 Å². The van der Waals surface area contributed by atoms with E-state index in [2.05, 4.69) is 10.3 Å². The number of amides is 1. The fraction of sp³-hybridized carbons (Fsp3) is 0.0909. The first-order chi connectivity index (χ1) is 14.4. The van der Waals surface area contributed by atoms with Crippen LogP contribution in [0, 0.1) is 5.82 Å². The largest absolute Gasteiger partial charge is 0.397 e. The van der Waals surface area contributed by atoms with Crippen LogP contribution in [0.5, 0.6) is 0 Å². The molecule has 152 valence electrons. The number of thiophene rings is 1. The first-order valence-corrected chi connectivity index (χ1v) is 9.85. The lowest BCUT2D eigenvalue weighted by Gasteiger charge is -2.08. The number of carbonyl (C=O) groups is 1. The van der Waals surface area contributed by atoms with Crippen molar-refractivity contribution in [2.45, 2.75) is 12.8 Å². The molecular formula is C22H16F3N3OS. The van der Waals surface area contributed by atoms with Gasteiger partial charge in [0.05, 0.1) is 11.4 Å². The first kappa shape index (κ1) is 19.9. The van der Waals surface area contributed by atoms with Crippen LogP contribution in [0.2, 0.25) is 0 Å². The van der Waals surface area contributed by atoms with Crippen molar-refractivity contribution < 1.29 is 18.0 Å². The van der Waals surface area contributed by atoms with Crippen molar-refractivity contribution in [2.75, 3.05) is 11.1 Å². The number of fused-ring (bicyclic) bond motifs is 1. The van der Waals surface area contributed by atoms with Gasteiger partial charge in [0.1, 0.15) is 15.5 Å². The highest BCUT2D eigenvalue weighted by atomic mass is 32.1. The Morgan fingerprint density at radius 3 is 2.50 bits per heavy atom. The summed E-state index contributed by atoms with van der Waals surface area (Å²) in [4.78, 5) is 17.4. The first-order valence-electron chi connectivity index (χ1n) is 9.03. The quantitative estimate of drug-likeness (QED) is 0.423. The van der Waals surface area contributed by atoms with Gasteiger partial charge in [0, 0.05) is 23.1 Å². The van der Waals surface area contributed by atoms with Gasteiger partial charge in [-0.25, -0.2) is 18.2 Å². The van der Waals surface area contributed by atoms with E-state index < -0.39 is 18.1 Å². The van der Waals surface area contributed by atoms with Crippen molar-refractivity contribution in [3.63, 3.8) is 0 Å². The van der Waals surface area contributed by atoms with Gasteiger partial charge in [-0.2, -0.15) is 0 Å². The number of hydrogen-bond donors (Lipinski definition) is 2. The molecule has 2 aromatic carbocycles. The molecule has 2 aromatic heterocycles. The topological polar surface area (TPSA) is 68.0 Å². The highest BCUT2D eigenvalue weighted by molar-refractivity contribution is 7.21. The number of benzene rings is 2. The Bertz CT molecular complexity index is 1230. The summed E-state index contributed by atoms with van der Waals surface area (Å²) in [7, 11) is 0. The number of rotatable bonds is 5. The van der Waals surface area contributed by atoms with Crippen molar-refractivity contribution in [1.29, 1.82) is 0 Å². The second-order valence-corrected chi connectivity index (χ2v) is 7.62. The predicted octanol–water partition coefficient (Wildman–Crippen LogP) is 5.80. The van der Waals surface area contributed by atoms with Gasteiger partial charge in [-0.3, -0.25) is 4.79 Å². The van der Waals surface area contributed by atoms with E-state index in [9.17, 15) is 18.0 Å². The van der Waals surface area contributed by atoms with E-state index in [1.165, 1.54) is 24.3 Å². The molecule has 0 bridgehead atoms. The number of carbonyl (C=O) groups excluding carboxylic acids is 1. The third-order valence-corrected chi connectivity index (χ3v) is 5.67. The Balaban J connectivity index is 1.75. The number of aromatic nitrogens is 1. The Labute approximate surface area is 174 Å². The van der Waals surface area contributed by atoms with Crippen LogP contribution < -0.4 is 11.1 Å². The molecule has 30 heavy (non-hydrogen) atoms. The summed E-state index contributed by atoms with van der Waals surface area (Å²) in [6.45, 7) is 0. The SMILES string of the molecule is Nc1c(C(=O)Nc2ccccc2F)sc2nc(Cc3ccccc3)cc(C(F)F)c12. The molecule has 0 aliphatic rings. The molecular weight excluding hydrogens is 411 g/mol. The summed E-state index contributed by atoms with van der Waals surface area (Å²) in [6, 6.07) is 16.3. The van der Waals surface area contributed by atoms with Gasteiger partial charge >= 0.3 is 0 Å². The minimum Gasteiger partial charge on any atom is -0.397 e. The molecule has 0 aliphatic heterocycles. The average molecular weight is 427 g/mol. The number of pyridine rings is 1. The molecule has 2 heterocycles. The second kappa shape index (κ2) is 8.16. The van der Waals surface area contributed by atoms with Crippen molar-refractivity contribution in [3.05, 3.63) is 88.2 Å². The van der Waals surface area contributed by atoms with Crippen LogP contribution in [-0.4, -0.2) is 10.9 Å². The van der Waals surface area contributed by atoms with Gasteiger partial charge in [0.2, 0.25) is 0 Å². The number of halogens is 3. The number of nitrogen functional groups attached to an aromatic ring is 1. The summed E-state index contributed by atoms with van der Waals surface area (Å²) >= 11 is 0.909. The van der Waals surface area contributed by atoms with Crippen molar-refractivity contribution in [1.82, 2.24) is 4.98 Å². The van der Waals surface area contributed by atoms with Crippen LogP contribution in [0.1, 0.15) is 32.9 Å². The van der Waals surface area contributed by atoms with Crippen molar-refractivity contribution in [2.24, 2.45) is 0 Å². The Morgan fingerprint density at radius 1 is 1.10 bits per heavy atom. The number of hydrogen-bond acceptors (Lipinski definition) is 4. The molecule has 0 atom stereocenters. The molecule has 3 N–H and O–H groups in total. The van der Waals surface area contributed by atoms with E-state index in [-0.39, 0.29) is 32.0 Å². The monoisotopic (exact) mass is 427 g/mol. The maximum atomic E-state index is 13.8. The zero-order chi connectivity index (χ0) is 21.3. The Morgan fingerprint density at radius 2 is 1.80 bits per heavy atom. The molecule has 4 aromatic rings. The number of nitrogens with zero attached hydrogens (tertiary/aromatic N) is 1. The summed E-state index contributed by atoms with van der Waals surface area (Å²) < 4.78 is 41.4. The molecule has 4 rings (SSSR count). The summed E-state index contributed by atoms with van der Waals surface area (Å²) in [5, 5.41) is 2.49. The third-order valence-electron chi connectivity index (χ3n) is 4.57. The molecule has 0 saturated heterocycles. The van der Waals surface area contributed by atoms with Gasteiger partial charge in [-0.05, 0) is 23.8 Å².